The average Bonchev–Trinajstić information content (AvgIpc) is 2.99. The van der Waals surface area contributed by atoms with Gasteiger partial charge in [0.25, 0.3) is 0 Å². The minimum absolute atomic E-state index is 0.0166. The molecule has 3 nitrogen and oxygen atoms in total. The van der Waals surface area contributed by atoms with E-state index in [1.165, 1.54) is 0 Å². The lowest BCUT2D eigenvalue weighted by molar-refractivity contribution is -0.0864. The number of fused-ring (bicyclic) bond motifs is 1. The van der Waals surface area contributed by atoms with Gasteiger partial charge in [-0.3, -0.25) is 0 Å². The Bertz CT molecular complexity index is 1150. The summed E-state index contributed by atoms with van der Waals surface area (Å²) in [5, 5.41) is 0.669. The van der Waals surface area contributed by atoms with Crippen molar-refractivity contribution in [3.63, 3.8) is 0 Å². The van der Waals surface area contributed by atoms with Gasteiger partial charge < -0.3 is 4.55 Å². The Morgan fingerprint density at radius 2 is 1.32 bits per heavy atom. The SMILES string of the molecule is CC(C)(C)c1ccc(-c2cc3ccccc3[s+]2C(F)(F)F)cc1.O=S(=O)([O-])C(F)(F)F. The first-order valence-corrected chi connectivity index (χ1v) is 11.3. The number of thiophene rings is 1. The summed E-state index contributed by atoms with van der Waals surface area (Å²) >= 11 is 0. The van der Waals surface area contributed by atoms with Gasteiger partial charge in [0.1, 0.15) is 10.5 Å². The van der Waals surface area contributed by atoms with Crippen LogP contribution in [0, 0.1) is 0 Å². The second-order valence-corrected chi connectivity index (χ2v) is 10.9. The van der Waals surface area contributed by atoms with Crippen molar-refractivity contribution in [3.05, 3.63) is 60.2 Å². The summed E-state index contributed by atoms with van der Waals surface area (Å²) in [5.74, 6) is 0. The van der Waals surface area contributed by atoms with Crippen LogP contribution in [0.1, 0.15) is 26.3 Å². The van der Waals surface area contributed by atoms with Crippen LogP contribution < -0.4 is 0 Å². The molecule has 2 aromatic carbocycles. The molecular formula is C20H18F6O3S2. The molecule has 1 unspecified atom stereocenters. The maximum atomic E-state index is 13.6. The van der Waals surface area contributed by atoms with E-state index in [9.17, 15) is 26.3 Å². The Morgan fingerprint density at radius 3 is 1.74 bits per heavy atom. The van der Waals surface area contributed by atoms with Gasteiger partial charge in [0, 0.05) is 17.0 Å². The van der Waals surface area contributed by atoms with Gasteiger partial charge in [-0.15, -0.1) is 13.2 Å². The third-order valence-electron chi connectivity index (χ3n) is 4.20. The summed E-state index contributed by atoms with van der Waals surface area (Å²) in [7, 11) is -7.97. The third-order valence-corrected chi connectivity index (χ3v) is 6.83. The molecule has 0 radical (unpaired) electrons. The molecule has 1 heterocycles. The summed E-state index contributed by atoms with van der Waals surface area (Å²) in [6.45, 7) is 6.27. The van der Waals surface area contributed by atoms with Gasteiger partial charge in [-0.05, 0) is 35.2 Å². The Hall–Kier alpha value is -2.11. The van der Waals surface area contributed by atoms with Gasteiger partial charge in [0.15, 0.2) is 19.7 Å². The number of alkyl halides is 6. The number of hydrogen-bond donors (Lipinski definition) is 0. The van der Waals surface area contributed by atoms with Crippen molar-refractivity contribution < 1.29 is 39.3 Å². The number of hydrogen-bond acceptors (Lipinski definition) is 3. The largest absolute Gasteiger partial charge is 0.741 e. The van der Waals surface area contributed by atoms with E-state index in [4.69, 9.17) is 13.0 Å². The smallest absolute Gasteiger partial charge is 0.601 e. The van der Waals surface area contributed by atoms with Gasteiger partial charge in [-0.1, -0.05) is 45.0 Å². The minimum Gasteiger partial charge on any atom is -0.741 e. The molecule has 31 heavy (non-hydrogen) atoms. The van der Waals surface area contributed by atoms with Crippen LogP contribution in [0.4, 0.5) is 26.3 Å². The predicted molar refractivity (Wildman–Crippen MR) is 108 cm³/mol. The zero-order chi connectivity index (χ0) is 23.8. The van der Waals surface area contributed by atoms with E-state index < -0.39 is 31.6 Å². The predicted octanol–water partition coefficient (Wildman–Crippen LogP) is 7.08. The molecule has 1 atom stereocenters. The average molecular weight is 484 g/mol. The molecule has 0 bridgehead atoms. The summed E-state index contributed by atoms with van der Waals surface area (Å²) in [5.41, 5.74) is -8.16. The molecule has 0 aliphatic rings. The molecule has 0 amide bonds. The zero-order valence-electron chi connectivity index (χ0n) is 16.5. The fourth-order valence-electron chi connectivity index (χ4n) is 2.69. The Morgan fingerprint density at radius 1 is 0.839 bits per heavy atom. The first-order valence-electron chi connectivity index (χ1n) is 8.68. The van der Waals surface area contributed by atoms with E-state index >= 15 is 0 Å². The monoisotopic (exact) mass is 484 g/mol. The summed E-state index contributed by atoms with van der Waals surface area (Å²) in [4.78, 5) is 0.360. The van der Waals surface area contributed by atoms with E-state index in [0.29, 0.717) is 20.5 Å². The highest BCUT2D eigenvalue weighted by molar-refractivity contribution is 7.86. The molecule has 0 saturated heterocycles. The molecule has 0 spiro atoms. The van der Waals surface area contributed by atoms with Crippen molar-refractivity contribution in [2.75, 3.05) is 0 Å². The zero-order valence-corrected chi connectivity index (χ0v) is 18.1. The van der Waals surface area contributed by atoms with E-state index in [0.717, 1.165) is 5.56 Å². The summed E-state index contributed by atoms with van der Waals surface area (Å²) in [6, 6.07) is 15.9. The lowest BCUT2D eigenvalue weighted by Gasteiger charge is -2.18. The highest BCUT2D eigenvalue weighted by Gasteiger charge is 2.48. The van der Waals surface area contributed by atoms with Crippen molar-refractivity contribution in [2.24, 2.45) is 0 Å². The number of rotatable bonds is 1. The molecule has 0 fully saturated rings. The normalized spacial score (nSPS) is 13.7. The first-order chi connectivity index (χ1) is 13.9. The second-order valence-electron chi connectivity index (χ2n) is 7.53. The van der Waals surface area contributed by atoms with Gasteiger partial charge in [-0.2, -0.15) is 13.2 Å². The fourth-order valence-corrected chi connectivity index (χ4v) is 4.62. The van der Waals surface area contributed by atoms with Crippen molar-refractivity contribution in [1.29, 1.82) is 0 Å². The van der Waals surface area contributed by atoms with E-state index in [-0.39, 0.29) is 5.41 Å². The van der Waals surface area contributed by atoms with Crippen LogP contribution in [0.15, 0.2) is 54.6 Å². The molecular weight excluding hydrogens is 466 g/mol. The minimum atomic E-state index is -6.09. The van der Waals surface area contributed by atoms with E-state index in [1.54, 1.807) is 30.3 Å². The van der Waals surface area contributed by atoms with Crippen molar-refractivity contribution >= 4 is 30.7 Å². The molecule has 0 aliphatic heterocycles. The lowest BCUT2D eigenvalue weighted by Crippen LogP contribution is -2.21. The van der Waals surface area contributed by atoms with Gasteiger partial charge in [0.05, 0.1) is 0 Å². The van der Waals surface area contributed by atoms with Crippen LogP contribution in [0.3, 0.4) is 0 Å². The van der Waals surface area contributed by atoms with E-state index in [1.807, 2.05) is 24.3 Å². The third kappa shape index (κ3) is 5.98. The molecule has 0 aliphatic carbocycles. The van der Waals surface area contributed by atoms with Crippen molar-refractivity contribution in [1.82, 2.24) is 0 Å². The van der Waals surface area contributed by atoms with Gasteiger partial charge in [-0.25, -0.2) is 8.42 Å². The van der Waals surface area contributed by atoms with Gasteiger partial charge in [0.2, 0.25) is 0 Å². The highest BCUT2D eigenvalue weighted by Crippen LogP contribution is 2.54. The molecule has 170 valence electrons. The Balaban J connectivity index is 0.000000366. The fraction of sp³-hybridized carbons (Fsp3) is 0.300. The van der Waals surface area contributed by atoms with Crippen LogP contribution in [0.2, 0.25) is 0 Å². The number of benzene rings is 2. The quantitative estimate of drug-likeness (QED) is 0.160. The van der Waals surface area contributed by atoms with Crippen LogP contribution >= 0.6 is 10.5 Å². The van der Waals surface area contributed by atoms with Crippen LogP contribution in [0.25, 0.3) is 20.5 Å². The van der Waals surface area contributed by atoms with Gasteiger partial charge >= 0.3 is 11.0 Å². The molecule has 0 saturated carbocycles. The maximum Gasteiger partial charge on any atom is 0.601 e. The van der Waals surface area contributed by atoms with Crippen molar-refractivity contribution in [2.45, 2.75) is 37.2 Å². The highest BCUT2D eigenvalue weighted by atomic mass is 32.2. The topological polar surface area (TPSA) is 57.2 Å². The van der Waals surface area contributed by atoms with Crippen LogP contribution in [-0.2, 0) is 21.0 Å². The molecule has 11 heteroatoms. The maximum absolute atomic E-state index is 13.6. The Labute approximate surface area is 178 Å². The number of halogens is 6. The van der Waals surface area contributed by atoms with Crippen LogP contribution in [-0.4, -0.2) is 18.5 Å². The van der Waals surface area contributed by atoms with Crippen LogP contribution in [0.5, 0.6) is 0 Å². The molecule has 3 aromatic rings. The second kappa shape index (κ2) is 8.44. The molecule has 1 aromatic heterocycles. The van der Waals surface area contributed by atoms with Crippen molar-refractivity contribution in [3.8, 4) is 10.4 Å². The summed E-state index contributed by atoms with van der Waals surface area (Å²) < 4.78 is 100. The Kier molecular flexibility index (Phi) is 6.85. The standard InChI is InChI=1S/C19H18F3S.CHF3O3S/c1-18(2,3)15-10-8-13(9-11-15)17-12-14-6-4-5-7-16(14)23(17)19(20,21)22;2-1(3,4)8(5,6)7/h4-12H,1-3H3;(H,5,6,7)/q+1;/p-1. The first kappa shape index (κ1) is 25.2. The molecule has 3 rings (SSSR count). The summed E-state index contributed by atoms with van der Waals surface area (Å²) in [6.07, 6.45) is 0. The van der Waals surface area contributed by atoms with E-state index in [2.05, 4.69) is 20.8 Å². The molecule has 0 N–H and O–H groups in total. The lowest BCUT2D eigenvalue weighted by atomic mass is 9.86.